The van der Waals surface area contributed by atoms with Crippen LogP contribution in [0, 0.1) is 5.92 Å². The van der Waals surface area contributed by atoms with E-state index in [1.165, 1.54) is 10.5 Å². The second-order valence-corrected chi connectivity index (χ2v) is 6.56. The molecule has 2 nitrogen and oxygen atoms in total. The summed E-state index contributed by atoms with van der Waals surface area (Å²) in [4.78, 5) is 1.33. The number of hydrogen-bond donors (Lipinski definition) is 2. The van der Waals surface area contributed by atoms with Gasteiger partial charge in [0.1, 0.15) is 0 Å². The summed E-state index contributed by atoms with van der Waals surface area (Å²) in [6.07, 6.45) is 1.11. The number of benzene rings is 1. The molecule has 1 aliphatic heterocycles. The van der Waals surface area contributed by atoms with Gasteiger partial charge in [0.25, 0.3) is 0 Å². The van der Waals surface area contributed by atoms with Crippen LogP contribution in [0.4, 0.5) is 0 Å². The number of halogens is 1. The van der Waals surface area contributed by atoms with Gasteiger partial charge < -0.3 is 10.4 Å². The Kier molecular flexibility index (Phi) is 4.96. The highest BCUT2D eigenvalue weighted by Crippen LogP contribution is 2.37. The lowest BCUT2D eigenvalue weighted by Crippen LogP contribution is -2.37. The molecule has 0 aromatic heterocycles. The van der Waals surface area contributed by atoms with Crippen LogP contribution < -0.4 is 5.32 Å². The van der Waals surface area contributed by atoms with Crippen molar-refractivity contribution in [3.63, 3.8) is 0 Å². The van der Waals surface area contributed by atoms with E-state index in [4.69, 9.17) is 11.6 Å². The van der Waals surface area contributed by atoms with Gasteiger partial charge in [-0.25, -0.2) is 0 Å². The van der Waals surface area contributed by atoms with Gasteiger partial charge in [-0.1, -0.05) is 18.5 Å². The van der Waals surface area contributed by atoms with Crippen LogP contribution in [0.25, 0.3) is 0 Å². The van der Waals surface area contributed by atoms with Crippen LogP contribution in [0.5, 0.6) is 0 Å². The van der Waals surface area contributed by atoms with Crippen LogP contribution in [0.3, 0.4) is 0 Å². The first-order valence-electron chi connectivity index (χ1n) is 6.41. The zero-order valence-electron chi connectivity index (χ0n) is 10.8. The monoisotopic (exact) mass is 285 g/mol. The number of nitrogens with one attached hydrogen (secondary N) is 1. The molecule has 3 unspecified atom stereocenters. The molecule has 0 amide bonds. The molecule has 3 atom stereocenters. The minimum Gasteiger partial charge on any atom is -0.396 e. The van der Waals surface area contributed by atoms with Gasteiger partial charge in [0.2, 0.25) is 0 Å². The standard InChI is InChI=1S/C14H20ClNOS/c1-9(8-17)10(2)16-13-5-6-18-14-4-3-11(15)7-12(13)14/h3-4,7,9-10,13,16-17H,5-6,8H2,1-2H3. The summed E-state index contributed by atoms with van der Waals surface area (Å²) in [5.74, 6) is 1.40. The highest BCUT2D eigenvalue weighted by molar-refractivity contribution is 7.99. The van der Waals surface area contributed by atoms with E-state index in [-0.39, 0.29) is 12.5 Å². The van der Waals surface area contributed by atoms with Gasteiger partial charge >= 0.3 is 0 Å². The molecule has 0 spiro atoms. The van der Waals surface area contributed by atoms with E-state index in [9.17, 15) is 5.11 Å². The summed E-state index contributed by atoms with van der Waals surface area (Å²) in [5, 5.41) is 13.6. The van der Waals surface area contributed by atoms with Gasteiger partial charge in [0, 0.05) is 28.6 Å². The molecule has 18 heavy (non-hydrogen) atoms. The lowest BCUT2D eigenvalue weighted by atomic mass is 9.99. The highest BCUT2D eigenvalue weighted by Gasteiger charge is 2.23. The van der Waals surface area contributed by atoms with Crippen molar-refractivity contribution in [1.82, 2.24) is 5.32 Å². The van der Waals surface area contributed by atoms with Crippen LogP contribution in [-0.2, 0) is 0 Å². The summed E-state index contributed by atoms with van der Waals surface area (Å²) in [6, 6.07) is 6.78. The molecule has 2 N–H and O–H groups in total. The molecule has 1 heterocycles. The number of rotatable bonds is 4. The maximum atomic E-state index is 9.21. The van der Waals surface area contributed by atoms with Crippen LogP contribution in [0.2, 0.25) is 5.02 Å². The molecule has 1 aliphatic rings. The summed E-state index contributed by atoms with van der Waals surface area (Å²) < 4.78 is 0. The minimum atomic E-state index is 0.220. The fraction of sp³-hybridized carbons (Fsp3) is 0.571. The second kappa shape index (κ2) is 6.29. The maximum absolute atomic E-state index is 9.21. The Balaban J connectivity index is 2.14. The first kappa shape index (κ1) is 14.2. The number of hydrogen-bond acceptors (Lipinski definition) is 3. The fourth-order valence-corrected chi connectivity index (χ4v) is 3.46. The third-order valence-electron chi connectivity index (χ3n) is 3.62. The molecular formula is C14H20ClNOS. The molecule has 0 saturated carbocycles. The third-order valence-corrected chi connectivity index (χ3v) is 4.97. The van der Waals surface area contributed by atoms with Gasteiger partial charge in [-0.05, 0) is 48.8 Å². The third kappa shape index (κ3) is 3.21. The zero-order valence-corrected chi connectivity index (χ0v) is 12.4. The molecule has 0 aliphatic carbocycles. The number of aliphatic hydroxyl groups is 1. The topological polar surface area (TPSA) is 32.3 Å². The lowest BCUT2D eigenvalue weighted by molar-refractivity contribution is 0.200. The SMILES string of the molecule is CC(CO)C(C)NC1CCSc2ccc(Cl)cc21. The predicted octanol–water partition coefficient (Wildman–Crippen LogP) is 3.48. The Bertz CT molecular complexity index is 413. The van der Waals surface area contributed by atoms with E-state index in [1.54, 1.807) is 0 Å². The Morgan fingerprint density at radius 2 is 2.28 bits per heavy atom. The zero-order chi connectivity index (χ0) is 13.1. The van der Waals surface area contributed by atoms with Crippen LogP contribution in [-0.4, -0.2) is 23.5 Å². The average molecular weight is 286 g/mol. The highest BCUT2D eigenvalue weighted by atomic mass is 35.5. The summed E-state index contributed by atoms with van der Waals surface area (Å²) in [7, 11) is 0. The van der Waals surface area contributed by atoms with Crippen molar-refractivity contribution in [2.75, 3.05) is 12.4 Å². The molecule has 0 bridgehead atoms. The van der Waals surface area contributed by atoms with Crippen LogP contribution in [0.1, 0.15) is 31.9 Å². The molecular weight excluding hydrogens is 266 g/mol. The van der Waals surface area contributed by atoms with Gasteiger partial charge in [-0.3, -0.25) is 0 Å². The van der Waals surface area contributed by atoms with Crippen molar-refractivity contribution in [2.24, 2.45) is 5.92 Å². The average Bonchev–Trinajstić information content (AvgIpc) is 2.38. The van der Waals surface area contributed by atoms with Crippen molar-refractivity contribution < 1.29 is 5.11 Å². The van der Waals surface area contributed by atoms with E-state index in [2.05, 4.69) is 31.3 Å². The molecule has 100 valence electrons. The maximum Gasteiger partial charge on any atom is 0.0471 e. The Morgan fingerprint density at radius 1 is 1.50 bits per heavy atom. The quantitative estimate of drug-likeness (QED) is 0.888. The largest absolute Gasteiger partial charge is 0.396 e. The molecule has 0 radical (unpaired) electrons. The van der Waals surface area contributed by atoms with Crippen molar-refractivity contribution in [3.05, 3.63) is 28.8 Å². The number of fused-ring (bicyclic) bond motifs is 1. The Hall–Kier alpha value is -0.220. The van der Waals surface area contributed by atoms with E-state index in [0.29, 0.717) is 12.1 Å². The van der Waals surface area contributed by atoms with Crippen molar-refractivity contribution in [1.29, 1.82) is 0 Å². The first-order valence-corrected chi connectivity index (χ1v) is 7.77. The Labute approximate surface area is 118 Å². The molecule has 1 aromatic carbocycles. The smallest absolute Gasteiger partial charge is 0.0471 e. The predicted molar refractivity (Wildman–Crippen MR) is 78.4 cm³/mol. The van der Waals surface area contributed by atoms with E-state index >= 15 is 0 Å². The van der Waals surface area contributed by atoms with E-state index < -0.39 is 0 Å². The fourth-order valence-electron chi connectivity index (χ4n) is 2.18. The number of aliphatic hydroxyl groups excluding tert-OH is 1. The van der Waals surface area contributed by atoms with E-state index in [0.717, 1.165) is 17.2 Å². The minimum absolute atomic E-state index is 0.220. The van der Waals surface area contributed by atoms with Crippen molar-refractivity contribution in [3.8, 4) is 0 Å². The van der Waals surface area contributed by atoms with Gasteiger partial charge in [-0.2, -0.15) is 0 Å². The first-order chi connectivity index (χ1) is 8.61. The van der Waals surface area contributed by atoms with Crippen LogP contribution in [0.15, 0.2) is 23.1 Å². The summed E-state index contributed by atoms with van der Waals surface area (Å²) >= 11 is 7.99. The molecule has 2 rings (SSSR count). The molecule has 0 fully saturated rings. The van der Waals surface area contributed by atoms with Crippen molar-refractivity contribution in [2.45, 2.75) is 37.2 Å². The van der Waals surface area contributed by atoms with Gasteiger partial charge in [-0.15, -0.1) is 11.8 Å². The number of thioether (sulfide) groups is 1. The van der Waals surface area contributed by atoms with Gasteiger partial charge in [0.05, 0.1) is 0 Å². The van der Waals surface area contributed by atoms with Crippen molar-refractivity contribution >= 4 is 23.4 Å². The molecule has 1 aromatic rings. The second-order valence-electron chi connectivity index (χ2n) is 4.99. The lowest BCUT2D eigenvalue weighted by Gasteiger charge is -2.31. The molecule has 4 heteroatoms. The van der Waals surface area contributed by atoms with Crippen LogP contribution >= 0.6 is 23.4 Å². The van der Waals surface area contributed by atoms with Gasteiger partial charge in [0.15, 0.2) is 0 Å². The summed E-state index contributed by atoms with van der Waals surface area (Å²) in [6.45, 7) is 4.42. The normalized spacial score (nSPS) is 22.3. The van der Waals surface area contributed by atoms with E-state index in [1.807, 2.05) is 17.8 Å². The Morgan fingerprint density at radius 3 is 3.00 bits per heavy atom. The summed E-state index contributed by atoms with van der Waals surface area (Å²) in [5.41, 5.74) is 1.30. The molecule has 0 saturated heterocycles.